The predicted octanol–water partition coefficient (Wildman–Crippen LogP) is 0.771. The lowest BCUT2D eigenvalue weighted by molar-refractivity contribution is -0.122. The summed E-state index contributed by atoms with van der Waals surface area (Å²) in [5.41, 5.74) is 0. The molecular weight excluding hydrogens is 213 g/mol. The van der Waals surface area contributed by atoms with E-state index in [-0.39, 0.29) is 6.54 Å². The third-order valence-electron chi connectivity index (χ3n) is 1.42. The van der Waals surface area contributed by atoms with Crippen molar-refractivity contribution in [3.8, 4) is 0 Å². The van der Waals surface area contributed by atoms with Crippen molar-refractivity contribution in [2.24, 2.45) is 0 Å². The van der Waals surface area contributed by atoms with Gasteiger partial charge in [-0.05, 0) is 0 Å². The van der Waals surface area contributed by atoms with Crippen molar-refractivity contribution in [2.45, 2.75) is 12.7 Å². The lowest BCUT2D eigenvalue weighted by atomic mass is 10.6. The molecule has 1 aromatic heterocycles. The number of carbonyl (C=O) groups excluding carboxylic acids is 1. The zero-order chi connectivity index (χ0) is 11.3. The molecule has 84 valence electrons. The molecule has 0 aliphatic rings. The van der Waals surface area contributed by atoms with Crippen molar-refractivity contribution >= 4 is 6.03 Å². The van der Waals surface area contributed by atoms with Crippen molar-refractivity contribution in [3.05, 3.63) is 18.2 Å². The summed E-state index contributed by atoms with van der Waals surface area (Å²) in [6.07, 6.45) is -1.38. The molecule has 5 nitrogen and oxygen atoms in total. The highest BCUT2D eigenvalue weighted by Crippen LogP contribution is 2.11. The second-order valence-corrected chi connectivity index (χ2v) is 2.69. The number of rotatable bonds is 3. The molecule has 0 aliphatic heterocycles. The minimum Gasteiger partial charge on any atom is -0.347 e. The van der Waals surface area contributed by atoms with Gasteiger partial charge in [0.05, 0.1) is 6.54 Å². The van der Waals surface area contributed by atoms with E-state index in [1.807, 2.05) is 0 Å². The van der Waals surface area contributed by atoms with E-state index in [2.05, 4.69) is 15.3 Å². The van der Waals surface area contributed by atoms with Gasteiger partial charge in [-0.1, -0.05) is 0 Å². The van der Waals surface area contributed by atoms with Crippen molar-refractivity contribution in [1.29, 1.82) is 0 Å². The van der Waals surface area contributed by atoms with Crippen LogP contribution in [0.1, 0.15) is 5.82 Å². The molecule has 0 saturated heterocycles. The van der Waals surface area contributed by atoms with Crippen LogP contribution in [0, 0.1) is 0 Å². The van der Waals surface area contributed by atoms with Crippen LogP contribution in [-0.4, -0.2) is 28.7 Å². The molecule has 1 aromatic rings. The van der Waals surface area contributed by atoms with E-state index < -0.39 is 18.8 Å². The maximum atomic E-state index is 11.7. The third-order valence-corrected chi connectivity index (χ3v) is 1.42. The van der Waals surface area contributed by atoms with Crippen LogP contribution in [0.15, 0.2) is 12.4 Å². The first-order valence-electron chi connectivity index (χ1n) is 4.04. The Morgan fingerprint density at radius 1 is 1.47 bits per heavy atom. The fraction of sp³-hybridized carbons (Fsp3) is 0.429. The van der Waals surface area contributed by atoms with Crippen LogP contribution in [0.4, 0.5) is 18.0 Å². The van der Waals surface area contributed by atoms with E-state index in [4.69, 9.17) is 0 Å². The summed E-state index contributed by atoms with van der Waals surface area (Å²) in [5.74, 6) is 0.470. The number of urea groups is 1. The highest BCUT2D eigenvalue weighted by molar-refractivity contribution is 5.73. The molecule has 0 atom stereocenters. The number of nitrogens with zero attached hydrogens (tertiary/aromatic N) is 1. The van der Waals surface area contributed by atoms with Crippen LogP contribution in [-0.2, 0) is 6.54 Å². The van der Waals surface area contributed by atoms with Gasteiger partial charge in [-0.15, -0.1) is 0 Å². The standard InChI is InChI=1S/C7H9F3N4O/c8-7(9,10)4-14-6(15)13-3-5-11-1-2-12-5/h1-2H,3-4H2,(H,11,12)(H2,13,14,15). The average Bonchev–Trinajstić information content (AvgIpc) is 2.62. The van der Waals surface area contributed by atoms with Crippen LogP contribution in [0.25, 0.3) is 0 Å². The Balaban J connectivity index is 2.20. The lowest BCUT2D eigenvalue weighted by Gasteiger charge is -2.08. The van der Waals surface area contributed by atoms with Gasteiger partial charge in [0.1, 0.15) is 12.4 Å². The number of nitrogens with one attached hydrogen (secondary N) is 3. The predicted molar refractivity (Wildman–Crippen MR) is 44.9 cm³/mol. The molecule has 0 bridgehead atoms. The quantitative estimate of drug-likeness (QED) is 0.707. The molecule has 0 fully saturated rings. The summed E-state index contributed by atoms with van der Waals surface area (Å²) in [4.78, 5) is 17.3. The Morgan fingerprint density at radius 3 is 2.73 bits per heavy atom. The SMILES string of the molecule is O=C(NCc1ncc[nH]1)NCC(F)(F)F. The Kier molecular flexibility index (Phi) is 3.53. The molecule has 3 N–H and O–H groups in total. The highest BCUT2D eigenvalue weighted by atomic mass is 19.4. The average molecular weight is 222 g/mol. The van der Waals surface area contributed by atoms with Gasteiger partial charge in [0.2, 0.25) is 0 Å². The van der Waals surface area contributed by atoms with Gasteiger partial charge >= 0.3 is 12.2 Å². The molecule has 2 amide bonds. The summed E-state index contributed by atoms with van der Waals surface area (Å²) in [6, 6.07) is -0.885. The second-order valence-electron chi connectivity index (χ2n) is 2.69. The van der Waals surface area contributed by atoms with Gasteiger partial charge in [-0.25, -0.2) is 9.78 Å². The Bertz CT molecular complexity index is 309. The van der Waals surface area contributed by atoms with E-state index >= 15 is 0 Å². The molecule has 15 heavy (non-hydrogen) atoms. The minimum atomic E-state index is -4.40. The molecule has 1 heterocycles. The van der Waals surface area contributed by atoms with Crippen LogP contribution < -0.4 is 10.6 Å². The molecular formula is C7H9F3N4O. The van der Waals surface area contributed by atoms with Gasteiger partial charge in [-0.3, -0.25) is 0 Å². The van der Waals surface area contributed by atoms with Crippen molar-refractivity contribution in [2.75, 3.05) is 6.54 Å². The summed E-state index contributed by atoms with van der Waals surface area (Å²) in [5, 5.41) is 3.88. The zero-order valence-electron chi connectivity index (χ0n) is 7.56. The summed E-state index contributed by atoms with van der Waals surface area (Å²) < 4.78 is 35.0. The molecule has 0 radical (unpaired) electrons. The van der Waals surface area contributed by atoms with Crippen LogP contribution in [0.3, 0.4) is 0 Å². The molecule has 0 aromatic carbocycles. The van der Waals surface area contributed by atoms with Crippen LogP contribution in [0.2, 0.25) is 0 Å². The number of aromatic nitrogens is 2. The molecule has 1 rings (SSSR count). The van der Waals surface area contributed by atoms with Crippen molar-refractivity contribution in [1.82, 2.24) is 20.6 Å². The summed E-state index contributed by atoms with van der Waals surface area (Å²) in [6.45, 7) is -1.30. The number of aromatic amines is 1. The molecule has 8 heteroatoms. The fourth-order valence-electron chi connectivity index (χ4n) is 0.802. The van der Waals surface area contributed by atoms with Crippen LogP contribution >= 0.6 is 0 Å². The third kappa shape index (κ3) is 4.89. The maximum absolute atomic E-state index is 11.7. The summed E-state index contributed by atoms with van der Waals surface area (Å²) in [7, 11) is 0. The van der Waals surface area contributed by atoms with Crippen LogP contribution in [0.5, 0.6) is 0 Å². The number of imidazole rings is 1. The first kappa shape index (κ1) is 11.3. The van der Waals surface area contributed by atoms with Crippen molar-refractivity contribution < 1.29 is 18.0 Å². The molecule has 0 saturated carbocycles. The Labute approximate surface area is 83.1 Å². The maximum Gasteiger partial charge on any atom is 0.405 e. The topological polar surface area (TPSA) is 69.8 Å². The molecule has 0 spiro atoms. The van der Waals surface area contributed by atoms with E-state index in [0.29, 0.717) is 5.82 Å². The van der Waals surface area contributed by atoms with Gasteiger partial charge in [0, 0.05) is 12.4 Å². The number of amides is 2. The first-order valence-corrected chi connectivity index (χ1v) is 4.04. The van der Waals surface area contributed by atoms with Gasteiger partial charge in [0.25, 0.3) is 0 Å². The zero-order valence-corrected chi connectivity index (χ0v) is 7.56. The van der Waals surface area contributed by atoms with E-state index in [1.54, 1.807) is 11.5 Å². The van der Waals surface area contributed by atoms with Gasteiger partial charge in [-0.2, -0.15) is 13.2 Å². The van der Waals surface area contributed by atoms with Crippen molar-refractivity contribution in [3.63, 3.8) is 0 Å². The number of hydrogen-bond donors (Lipinski definition) is 3. The van der Waals surface area contributed by atoms with Gasteiger partial charge in [0.15, 0.2) is 0 Å². The molecule has 0 unspecified atom stereocenters. The number of halogens is 3. The number of carbonyl (C=O) groups is 1. The fourth-order valence-corrected chi connectivity index (χ4v) is 0.802. The smallest absolute Gasteiger partial charge is 0.347 e. The number of hydrogen-bond acceptors (Lipinski definition) is 2. The molecule has 0 aliphatic carbocycles. The van der Waals surface area contributed by atoms with Gasteiger partial charge < -0.3 is 15.6 Å². The highest BCUT2D eigenvalue weighted by Gasteiger charge is 2.27. The Hall–Kier alpha value is -1.73. The Morgan fingerprint density at radius 2 is 2.20 bits per heavy atom. The minimum absolute atomic E-state index is 0.0523. The normalized spacial score (nSPS) is 11.1. The van der Waals surface area contributed by atoms with E-state index in [0.717, 1.165) is 0 Å². The van der Waals surface area contributed by atoms with E-state index in [1.165, 1.54) is 6.20 Å². The monoisotopic (exact) mass is 222 g/mol. The largest absolute Gasteiger partial charge is 0.405 e. The lowest BCUT2D eigenvalue weighted by Crippen LogP contribution is -2.40. The number of H-pyrrole nitrogens is 1. The summed E-state index contributed by atoms with van der Waals surface area (Å²) >= 11 is 0. The van der Waals surface area contributed by atoms with E-state index in [9.17, 15) is 18.0 Å². The first-order chi connectivity index (χ1) is 6.97. The second kappa shape index (κ2) is 4.67. The number of alkyl halides is 3.